The topological polar surface area (TPSA) is 42.5 Å². The van der Waals surface area contributed by atoms with Crippen molar-refractivity contribution in [3.8, 4) is 0 Å². The van der Waals surface area contributed by atoms with Crippen LogP contribution in [0.4, 0.5) is 11.4 Å². The van der Waals surface area contributed by atoms with Gasteiger partial charge < -0.3 is 0 Å². The van der Waals surface area contributed by atoms with Crippen LogP contribution in [-0.4, -0.2) is 9.78 Å². The van der Waals surface area contributed by atoms with Crippen molar-refractivity contribution in [3.05, 3.63) is 41.2 Å². The summed E-state index contributed by atoms with van der Waals surface area (Å²) in [6.45, 7) is 1.85. The zero-order chi connectivity index (χ0) is 11.5. The average molecular weight is 235 g/mol. The van der Waals surface area contributed by atoms with E-state index in [0.717, 1.165) is 11.4 Å². The van der Waals surface area contributed by atoms with Crippen LogP contribution in [-0.2, 0) is 7.05 Å². The van der Waals surface area contributed by atoms with Crippen LogP contribution in [0, 0.1) is 6.92 Å². The summed E-state index contributed by atoms with van der Waals surface area (Å²) in [5.41, 5.74) is 2.18. The minimum atomic E-state index is 0.497. The van der Waals surface area contributed by atoms with Crippen LogP contribution in [0.2, 0.25) is 5.15 Å². The van der Waals surface area contributed by atoms with E-state index in [2.05, 4.69) is 15.3 Å². The first-order valence-corrected chi connectivity index (χ1v) is 5.22. The predicted octanol–water partition coefficient (Wildman–Crippen LogP) is 3.80. The summed E-state index contributed by atoms with van der Waals surface area (Å²) in [4.78, 5) is 0. The van der Waals surface area contributed by atoms with Gasteiger partial charge in [0.05, 0.1) is 11.4 Å². The van der Waals surface area contributed by atoms with Gasteiger partial charge in [-0.3, -0.25) is 4.68 Å². The molecular weight excluding hydrogens is 224 g/mol. The number of halogens is 1. The lowest BCUT2D eigenvalue weighted by molar-refractivity contribution is 0.757. The highest BCUT2D eigenvalue weighted by Gasteiger charge is 2.09. The number of rotatable bonds is 2. The van der Waals surface area contributed by atoms with E-state index in [4.69, 9.17) is 11.6 Å². The summed E-state index contributed by atoms with van der Waals surface area (Å²) in [7, 11) is 1.77. The van der Waals surface area contributed by atoms with Crippen LogP contribution in [0.5, 0.6) is 0 Å². The Hall–Kier alpha value is -1.68. The van der Waals surface area contributed by atoms with E-state index in [1.807, 2.05) is 37.3 Å². The van der Waals surface area contributed by atoms with E-state index in [0.29, 0.717) is 10.8 Å². The second-order valence-electron chi connectivity index (χ2n) is 3.38. The molecule has 0 atom stereocenters. The third-order valence-corrected chi connectivity index (χ3v) is 2.57. The molecule has 16 heavy (non-hydrogen) atoms. The van der Waals surface area contributed by atoms with Gasteiger partial charge >= 0.3 is 0 Å². The van der Waals surface area contributed by atoms with Gasteiger partial charge in [-0.15, -0.1) is 5.11 Å². The Morgan fingerprint density at radius 2 is 1.88 bits per heavy atom. The van der Waals surface area contributed by atoms with Gasteiger partial charge in [0.15, 0.2) is 5.15 Å². The van der Waals surface area contributed by atoms with Crippen molar-refractivity contribution in [2.24, 2.45) is 17.3 Å². The van der Waals surface area contributed by atoms with Crippen LogP contribution in [0.3, 0.4) is 0 Å². The Kier molecular flexibility index (Phi) is 3.01. The molecule has 2 rings (SSSR count). The molecule has 0 saturated carbocycles. The van der Waals surface area contributed by atoms with Crippen LogP contribution in [0.1, 0.15) is 5.69 Å². The molecule has 0 aliphatic heterocycles. The van der Waals surface area contributed by atoms with Crippen LogP contribution in [0.25, 0.3) is 0 Å². The number of aryl methyl sites for hydroxylation is 2. The first-order valence-electron chi connectivity index (χ1n) is 4.84. The molecule has 0 unspecified atom stereocenters. The molecule has 0 aliphatic rings. The first kappa shape index (κ1) is 10.8. The van der Waals surface area contributed by atoms with E-state index >= 15 is 0 Å². The average Bonchev–Trinajstić information content (AvgIpc) is 2.53. The molecule has 0 spiro atoms. The van der Waals surface area contributed by atoms with Gasteiger partial charge in [-0.25, -0.2) is 0 Å². The lowest BCUT2D eigenvalue weighted by atomic mass is 10.3. The van der Waals surface area contributed by atoms with E-state index in [-0.39, 0.29) is 0 Å². The lowest BCUT2D eigenvalue weighted by Crippen LogP contribution is -1.88. The fourth-order valence-corrected chi connectivity index (χ4v) is 1.55. The molecule has 0 radical (unpaired) electrons. The molecule has 0 amide bonds. The number of azo groups is 1. The number of aromatic nitrogens is 2. The molecule has 5 heteroatoms. The summed E-state index contributed by atoms with van der Waals surface area (Å²) < 4.78 is 1.58. The normalized spacial score (nSPS) is 11.2. The SMILES string of the molecule is Cc1nn(C)c(Cl)c1N=Nc1ccccc1. The second-order valence-corrected chi connectivity index (χ2v) is 3.74. The minimum absolute atomic E-state index is 0.497. The van der Waals surface area contributed by atoms with Gasteiger partial charge in [0.1, 0.15) is 5.69 Å². The number of hydrogen-bond acceptors (Lipinski definition) is 3. The van der Waals surface area contributed by atoms with Crippen molar-refractivity contribution < 1.29 is 0 Å². The summed E-state index contributed by atoms with van der Waals surface area (Å²) in [5.74, 6) is 0. The van der Waals surface area contributed by atoms with Crippen molar-refractivity contribution in [1.29, 1.82) is 0 Å². The van der Waals surface area contributed by atoms with E-state index < -0.39 is 0 Å². The van der Waals surface area contributed by atoms with Gasteiger partial charge in [0, 0.05) is 7.05 Å². The Morgan fingerprint density at radius 3 is 2.44 bits per heavy atom. The summed E-state index contributed by atoms with van der Waals surface area (Å²) in [6, 6.07) is 9.51. The third kappa shape index (κ3) is 2.12. The molecule has 0 fully saturated rings. The first-order chi connectivity index (χ1) is 7.68. The summed E-state index contributed by atoms with van der Waals surface area (Å²) in [6.07, 6.45) is 0. The standard InChI is InChI=1S/C11H11ClN4/c1-8-10(11(12)16(2)15-8)14-13-9-6-4-3-5-7-9/h3-7H,1-2H3. The minimum Gasteiger partial charge on any atom is -0.255 e. The predicted molar refractivity (Wildman–Crippen MR) is 63.6 cm³/mol. The Balaban J connectivity index is 2.31. The monoisotopic (exact) mass is 234 g/mol. The maximum absolute atomic E-state index is 6.03. The highest BCUT2D eigenvalue weighted by atomic mass is 35.5. The molecule has 0 N–H and O–H groups in total. The van der Waals surface area contributed by atoms with Crippen LogP contribution >= 0.6 is 11.6 Å². The summed E-state index contributed by atoms with van der Waals surface area (Å²) in [5, 5.41) is 12.9. The van der Waals surface area contributed by atoms with Gasteiger partial charge in [-0.1, -0.05) is 29.8 Å². The zero-order valence-corrected chi connectivity index (χ0v) is 9.81. The van der Waals surface area contributed by atoms with E-state index in [9.17, 15) is 0 Å². The molecule has 82 valence electrons. The lowest BCUT2D eigenvalue weighted by Gasteiger charge is -1.92. The fraction of sp³-hybridized carbons (Fsp3) is 0.182. The molecule has 1 aromatic heterocycles. The largest absolute Gasteiger partial charge is 0.255 e. The smallest absolute Gasteiger partial charge is 0.154 e. The van der Waals surface area contributed by atoms with Gasteiger partial charge in [0.2, 0.25) is 0 Å². The number of benzene rings is 1. The van der Waals surface area contributed by atoms with Gasteiger partial charge in [0.25, 0.3) is 0 Å². The Labute approximate surface area is 98.6 Å². The van der Waals surface area contributed by atoms with Crippen molar-refractivity contribution in [2.75, 3.05) is 0 Å². The molecule has 0 saturated heterocycles. The molecule has 2 aromatic rings. The molecule has 1 aromatic carbocycles. The fourth-order valence-electron chi connectivity index (χ4n) is 1.33. The van der Waals surface area contributed by atoms with Crippen LogP contribution in [0.15, 0.2) is 40.6 Å². The molecule has 4 nitrogen and oxygen atoms in total. The van der Waals surface area contributed by atoms with Gasteiger partial charge in [-0.05, 0) is 19.1 Å². The zero-order valence-electron chi connectivity index (χ0n) is 9.05. The van der Waals surface area contributed by atoms with Gasteiger partial charge in [-0.2, -0.15) is 10.2 Å². The Morgan fingerprint density at radius 1 is 1.19 bits per heavy atom. The maximum Gasteiger partial charge on any atom is 0.154 e. The molecular formula is C11H11ClN4. The number of hydrogen-bond donors (Lipinski definition) is 0. The highest BCUT2D eigenvalue weighted by molar-refractivity contribution is 6.32. The van der Waals surface area contributed by atoms with Crippen LogP contribution < -0.4 is 0 Å². The van der Waals surface area contributed by atoms with Crippen molar-refractivity contribution in [2.45, 2.75) is 6.92 Å². The molecule has 0 aliphatic carbocycles. The van der Waals surface area contributed by atoms with E-state index in [1.54, 1.807) is 11.7 Å². The second kappa shape index (κ2) is 4.45. The molecule has 1 heterocycles. The Bertz CT molecular complexity index is 516. The van der Waals surface area contributed by atoms with Crippen molar-refractivity contribution in [1.82, 2.24) is 9.78 Å². The highest BCUT2D eigenvalue weighted by Crippen LogP contribution is 2.29. The van der Waals surface area contributed by atoms with E-state index in [1.165, 1.54) is 0 Å². The number of nitrogens with zero attached hydrogens (tertiary/aromatic N) is 4. The molecule has 0 bridgehead atoms. The quantitative estimate of drug-likeness (QED) is 0.729. The summed E-state index contributed by atoms with van der Waals surface area (Å²) >= 11 is 6.03. The third-order valence-electron chi connectivity index (χ3n) is 2.14. The maximum atomic E-state index is 6.03. The van der Waals surface area contributed by atoms with Crippen molar-refractivity contribution in [3.63, 3.8) is 0 Å². The van der Waals surface area contributed by atoms with Crippen molar-refractivity contribution >= 4 is 23.0 Å².